The quantitative estimate of drug-likeness (QED) is 0.884. The summed E-state index contributed by atoms with van der Waals surface area (Å²) >= 11 is 3.29. The summed E-state index contributed by atoms with van der Waals surface area (Å²) < 4.78 is 5.68. The van der Waals surface area contributed by atoms with Crippen molar-refractivity contribution in [1.82, 2.24) is 4.98 Å². The number of halogens is 1. The Kier molecular flexibility index (Phi) is 4.54. The molecule has 0 saturated carbocycles. The zero-order valence-corrected chi connectivity index (χ0v) is 12.5. The van der Waals surface area contributed by atoms with E-state index in [0.717, 1.165) is 0 Å². The Morgan fingerprint density at radius 3 is 2.71 bits per heavy atom. The lowest BCUT2D eigenvalue weighted by atomic mass is 10.2. The summed E-state index contributed by atoms with van der Waals surface area (Å²) in [6, 6.07) is 7.80. The molecule has 0 aliphatic heterocycles. The van der Waals surface area contributed by atoms with Crippen LogP contribution >= 0.6 is 15.9 Å². The number of aromatic nitrogens is 1. The molecule has 6 nitrogen and oxygen atoms in total. The van der Waals surface area contributed by atoms with Crippen molar-refractivity contribution in [3.8, 4) is 5.75 Å². The Morgan fingerprint density at radius 2 is 2.05 bits per heavy atom. The van der Waals surface area contributed by atoms with E-state index in [0.29, 0.717) is 21.5 Å². The number of aromatic carboxylic acids is 1. The van der Waals surface area contributed by atoms with Crippen molar-refractivity contribution in [3.05, 3.63) is 52.3 Å². The minimum absolute atomic E-state index is 0.141. The molecule has 0 spiro atoms. The highest BCUT2D eigenvalue weighted by Crippen LogP contribution is 2.23. The summed E-state index contributed by atoms with van der Waals surface area (Å²) in [6.45, 7) is 0. The number of rotatable bonds is 4. The lowest BCUT2D eigenvalue weighted by Crippen LogP contribution is -2.13. The Balaban J connectivity index is 2.25. The molecule has 0 aliphatic carbocycles. The van der Waals surface area contributed by atoms with E-state index in [1.807, 2.05) is 0 Å². The third kappa shape index (κ3) is 3.57. The predicted molar refractivity (Wildman–Crippen MR) is 79.8 cm³/mol. The van der Waals surface area contributed by atoms with Gasteiger partial charge in [-0.25, -0.2) is 9.78 Å². The van der Waals surface area contributed by atoms with Gasteiger partial charge in [0, 0.05) is 16.4 Å². The number of carboxylic acid groups (broad SMARTS) is 1. The van der Waals surface area contributed by atoms with E-state index in [2.05, 4.69) is 26.2 Å². The number of methoxy groups -OCH3 is 1. The largest absolute Gasteiger partial charge is 0.497 e. The van der Waals surface area contributed by atoms with Gasteiger partial charge in [0.1, 0.15) is 11.4 Å². The van der Waals surface area contributed by atoms with Crippen LogP contribution in [-0.4, -0.2) is 29.1 Å². The zero-order valence-electron chi connectivity index (χ0n) is 11.0. The zero-order chi connectivity index (χ0) is 15.4. The molecule has 1 amide bonds. The number of carbonyl (C=O) groups is 2. The second-order valence-corrected chi connectivity index (χ2v) is 4.89. The van der Waals surface area contributed by atoms with Gasteiger partial charge in [-0.05, 0) is 46.3 Å². The molecule has 0 unspecified atom stereocenters. The van der Waals surface area contributed by atoms with E-state index in [1.54, 1.807) is 18.2 Å². The van der Waals surface area contributed by atoms with Gasteiger partial charge in [0.2, 0.25) is 0 Å². The summed E-state index contributed by atoms with van der Waals surface area (Å²) in [6.07, 6.45) is 1.32. The second kappa shape index (κ2) is 6.36. The van der Waals surface area contributed by atoms with Crippen molar-refractivity contribution in [1.29, 1.82) is 0 Å². The summed E-state index contributed by atoms with van der Waals surface area (Å²) in [5, 5.41) is 11.5. The minimum atomic E-state index is -1.16. The Morgan fingerprint density at radius 1 is 1.29 bits per heavy atom. The van der Waals surface area contributed by atoms with Crippen LogP contribution in [-0.2, 0) is 0 Å². The fraction of sp³-hybridized carbons (Fsp3) is 0.0714. The molecule has 0 aliphatic rings. The van der Waals surface area contributed by atoms with Crippen LogP contribution in [0.15, 0.2) is 41.0 Å². The van der Waals surface area contributed by atoms with Crippen LogP contribution in [0.2, 0.25) is 0 Å². The van der Waals surface area contributed by atoms with Crippen LogP contribution < -0.4 is 10.1 Å². The molecular weight excluding hydrogens is 340 g/mol. The molecule has 7 heteroatoms. The van der Waals surface area contributed by atoms with E-state index >= 15 is 0 Å². The van der Waals surface area contributed by atoms with Gasteiger partial charge >= 0.3 is 5.97 Å². The van der Waals surface area contributed by atoms with Gasteiger partial charge < -0.3 is 15.2 Å². The van der Waals surface area contributed by atoms with Crippen molar-refractivity contribution < 1.29 is 19.4 Å². The topological polar surface area (TPSA) is 88.5 Å². The van der Waals surface area contributed by atoms with Gasteiger partial charge in [-0.1, -0.05) is 0 Å². The molecule has 1 heterocycles. The standard InChI is InChI=1S/C14H11BrN2O4/c1-21-9-2-3-11(15)10(7-9)13(18)17-8-4-5-16-12(6-8)14(19)20/h2-7H,1H3,(H,19,20)(H,16,17,18). The highest BCUT2D eigenvalue weighted by Gasteiger charge is 2.13. The third-order valence-electron chi connectivity index (χ3n) is 2.66. The van der Waals surface area contributed by atoms with Gasteiger partial charge in [-0.15, -0.1) is 0 Å². The third-order valence-corrected chi connectivity index (χ3v) is 3.35. The molecule has 0 atom stereocenters. The van der Waals surface area contributed by atoms with E-state index in [9.17, 15) is 9.59 Å². The number of carbonyl (C=O) groups excluding carboxylic acids is 1. The number of nitrogens with one attached hydrogen (secondary N) is 1. The first-order chi connectivity index (χ1) is 10.0. The number of hydrogen-bond acceptors (Lipinski definition) is 4. The fourth-order valence-electron chi connectivity index (χ4n) is 1.63. The molecule has 0 radical (unpaired) electrons. The number of ether oxygens (including phenoxy) is 1. The van der Waals surface area contributed by atoms with Crippen molar-refractivity contribution in [2.45, 2.75) is 0 Å². The number of pyridine rings is 1. The predicted octanol–water partition coefficient (Wildman–Crippen LogP) is 2.80. The Labute approximate surface area is 128 Å². The van der Waals surface area contributed by atoms with Crippen molar-refractivity contribution >= 4 is 33.5 Å². The van der Waals surface area contributed by atoms with E-state index in [1.165, 1.54) is 25.4 Å². The first-order valence-electron chi connectivity index (χ1n) is 5.85. The van der Waals surface area contributed by atoms with Crippen LogP contribution in [0, 0.1) is 0 Å². The van der Waals surface area contributed by atoms with E-state index in [-0.39, 0.29) is 11.6 Å². The molecule has 108 valence electrons. The average molecular weight is 351 g/mol. The van der Waals surface area contributed by atoms with Crippen LogP contribution in [0.1, 0.15) is 20.8 Å². The molecule has 0 bridgehead atoms. The molecule has 21 heavy (non-hydrogen) atoms. The fourth-order valence-corrected chi connectivity index (χ4v) is 2.06. The van der Waals surface area contributed by atoms with Gasteiger partial charge in [0.25, 0.3) is 5.91 Å². The molecule has 2 N–H and O–H groups in total. The Hall–Kier alpha value is -2.41. The number of carboxylic acids is 1. The van der Waals surface area contributed by atoms with E-state index in [4.69, 9.17) is 9.84 Å². The van der Waals surface area contributed by atoms with Crippen LogP contribution in [0.3, 0.4) is 0 Å². The highest BCUT2D eigenvalue weighted by atomic mass is 79.9. The first-order valence-corrected chi connectivity index (χ1v) is 6.65. The van der Waals surface area contributed by atoms with Gasteiger partial charge in [0.15, 0.2) is 0 Å². The van der Waals surface area contributed by atoms with Crippen LogP contribution in [0.5, 0.6) is 5.75 Å². The summed E-state index contributed by atoms with van der Waals surface area (Å²) in [7, 11) is 1.51. The van der Waals surface area contributed by atoms with Crippen molar-refractivity contribution in [2.75, 3.05) is 12.4 Å². The van der Waals surface area contributed by atoms with Gasteiger partial charge in [-0.3, -0.25) is 4.79 Å². The number of nitrogens with zero attached hydrogens (tertiary/aromatic N) is 1. The average Bonchev–Trinajstić information content (AvgIpc) is 2.48. The first kappa shape index (κ1) is 15.0. The van der Waals surface area contributed by atoms with E-state index < -0.39 is 5.97 Å². The molecule has 2 rings (SSSR count). The number of benzene rings is 1. The van der Waals surface area contributed by atoms with Gasteiger partial charge in [-0.2, -0.15) is 0 Å². The van der Waals surface area contributed by atoms with Crippen LogP contribution in [0.4, 0.5) is 5.69 Å². The number of hydrogen-bond donors (Lipinski definition) is 2. The molecule has 2 aromatic rings. The minimum Gasteiger partial charge on any atom is -0.497 e. The van der Waals surface area contributed by atoms with Crippen LogP contribution in [0.25, 0.3) is 0 Å². The summed E-state index contributed by atoms with van der Waals surface area (Å²) in [5.41, 5.74) is 0.586. The monoisotopic (exact) mass is 350 g/mol. The lowest BCUT2D eigenvalue weighted by molar-refractivity contribution is 0.0690. The normalized spacial score (nSPS) is 10.0. The summed E-state index contributed by atoms with van der Waals surface area (Å²) in [5.74, 6) is -0.999. The van der Waals surface area contributed by atoms with Gasteiger partial charge in [0.05, 0.1) is 12.7 Å². The smallest absolute Gasteiger partial charge is 0.354 e. The second-order valence-electron chi connectivity index (χ2n) is 4.03. The maximum atomic E-state index is 12.2. The molecule has 1 aromatic carbocycles. The SMILES string of the molecule is COc1ccc(Br)c(C(=O)Nc2ccnc(C(=O)O)c2)c1. The maximum absolute atomic E-state index is 12.2. The number of amides is 1. The number of anilines is 1. The molecule has 0 fully saturated rings. The molecule has 1 aromatic heterocycles. The Bertz CT molecular complexity index is 703. The lowest BCUT2D eigenvalue weighted by Gasteiger charge is -2.09. The highest BCUT2D eigenvalue weighted by molar-refractivity contribution is 9.10. The van der Waals surface area contributed by atoms with Crippen molar-refractivity contribution in [2.24, 2.45) is 0 Å². The molecule has 0 saturated heterocycles. The molecular formula is C14H11BrN2O4. The maximum Gasteiger partial charge on any atom is 0.354 e. The van der Waals surface area contributed by atoms with Crippen molar-refractivity contribution in [3.63, 3.8) is 0 Å². The summed E-state index contributed by atoms with van der Waals surface area (Å²) in [4.78, 5) is 26.8.